The van der Waals surface area contributed by atoms with E-state index in [4.69, 9.17) is 4.74 Å². The second kappa shape index (κ2) is 7.01. The number of carbonyl (C=O) groups is 1. The average Bonchev–Trinajstić information content (AvgIpc) is 3.30. The van der Waals surface area contributed by atoms with E-state index in [1.165, 1.54) is 10.4 Å². The Balaban J connectivity index is 1.33. The third kappa shape index (κ3) is 3.36. The molecule has 0 radical (unpaired) electrons. The summed E-state index contributed by atoms with van der Waals surface area (Å²) in [5, 5.41) is 5.10. The molecule has 1 amide bonds. The van der Waals surface area contributed by atoms with Gasteiger partial charge >= 0.3 is 0 Å². The Bertz CT molecular complexity index is 677. The maximum atomic E-state index is 12.5. The highest BCUT2D eigenvalue weighted by Crippen LogP contribution is 2.34. The van der Waals surface area contributed by atoms with Crippen molar-refractivity contribution < 1.29 is 9.53 Å². The van der Waals surface area contributed by atoms with Gasteiger partial charge in [0.2, 0.25) is 5.91 Å². The van der Waals surface area contributed by atoms with Gasteiger partial charge in [0, 0.05) is 42.8 Å². The fraction of sp³-hybridized carbons (Fsp3) is 0.444. The Morgan fingerprint density at radius 2 is 2.33 bits per heavy atom. The molecule has 2 fully saturated rings. The van der Waals surface area contributed by atoms with Crippen molar-refractivity contribution in [3.05, 3.63) is 52.5 Å². The van der Waals surface area contributed by atoms with Crippen molar-refractivity contribution >= 4 is 17.2 Å². The summed E-state index contributed by atoms with van der Waals surface area (Å²) in [5.41, 5.74) is 1.20. The van der Waals surface area contributed by atoms with E-state index in [1.54, 1.807) is 17.5 Å². The highest BCUT2D eigenvalue weighted by Gasteiger charge is 2.46. The van der Waals surface area contributed by atoms with Gasteiger partial charge in [-0.25, -0.2) is 0 Å². The van der Waals surface area contributed by atoms with Gasteiger partial charge in [-0.1, -0.05) is 12.1 Å². The molecule has 2 aliphatic heterocycles. The number of nitrogens with zero attached hydrogens (tertiary/aromatic N) is 2. The number of hydrogen-bond donors (Lipinski definition) is 1. The highest BCUT2D eigenvalue weighted by molar-refractivity contribution is 7.09. The Hall–Kier alpha value is -1.76. The predicted molar refractivity (Wildman–Crippen MR) is 92.4 cm³/mol. The van der Waals surface area contributed by atoms with Crippen molar-refractivity contribution in [3.8, 4) is 0 Å². The minimum atomic E-state index is -0.0335. The molecule has 6 heteroatoms. The first kappa shape index (κ1) is 15.7. The lowest BCUT2D eigenvalue weighted by Crippen LogP contribution is -2.36. The summed E-state index contributed by atoms with van der Waals surface area (Å²) in [5.74, 6) is 0.387. The molecule has 2 aliphatic rings. The molecule has 126 valence electrons. The molecule has 4 rings (SSSR count). The molecule has 4 heterocycles. The molecule has 24 heavy (non-hydrogen) atoms. The van der Waals surface area contributed by atoms with Crippen LogP contribution in [0.1, 0.15) is 10.4 Å². The number of ether oxygens (including phenoxy) is 1. The first-order valence-corrected chi connectivity index (χ1v) is 9.20. The van der Waals surface area contributed by atoms with Crippen LogP contribution in [0.5, 0.6) is 0 Å². The number of likely N-dealkylation sites (tertiary alicyclic amines) is 1. The second-order valence-corrected chi connectivity index (χ2v) is 7.53. The van der Waals surface area contributed by atoms with Crippen LogP contribution in [0.3, 0.4) is 0 Å². The second-order valence-electron chi connectivity index (χ2n) is 6.49. The number of nitrogens with one attached hydrogen (secondary N) is 1. The fourth-order valence-corrected chi connectivity index (χ4v) is 4.31. The molecule has 2 aromatic rings. The Morgan fingerprint density at radius 3 is 3.12 bits per heavy atom. The summed E-state index contributed by atoms with van der Waals surface area (Å²) < 4.78 is 5.90. The van der Waals surface area contributed by atoms with E-state index < -0.39 is 0 Å². The molecular weight excluding hydrogens is 322 g/mol. The molecule has 2 aromatic heterocycles. The summed E-state index contributed by atoms with van der Waals surface area (Å²) >= 11 is 1.67. The van der Waals surface area contributed by atoms with Gasteiger partial charge in [0.15, 0.2) is 0 Å². The SMILES string of the molecule is O=C(NCc1cccs1)[C@H]1CO[C@@H]2CN(Cc3cccnc3)C[C@H]12. The van der Waals surface area contributed by atoms with Crippen LogP contribution in [0.4, 0.5) is 0 Å². The van der Waals surface area contributed by atoms with E-state index >= 15 is 0 Å². The number of rotatable bonds is 5. The number of carbonyl (C=O) groups excluding carboxylic acids is 1. The van der Waals surface area contributed by atoms with Gasteiger partial charge in [0.25, 0.3) is 0 Å². The van der Waals surface area contributed by atoms with E-state index in [0.717, 1.165) is 19.6 Å². The normalized spacial score (nSPS) is 26.4. The van der Waals surface area contributed by atoms with E-state index in [1.807, 2.05) is 29.8 Å². The zero-order valence-corrected chi connectivity index (χ0v) is 14.2. The average molecular weight is 343 g/mol. The van der Waals surface area contributed by atoms with Crippen LogP contribution in [-0.2, 0) is 22.6 Å². The summed E-state index contributed by atoms with van der Waals surface area (Å²) in [6.07, 6.45) is 3.87. The summed E-state index contributed by atoms with van der Waals surface area (Å²) in [4.78, 5) is 20.3. The molecule has 2 saturated heterocycles. The van der Waals surface area contributed by atoms with Gasteiger partial charge in [0.1, 0.15) is 0 Å². The molecule has 0 aliphatic carbocycles. The highest BCUT2D eigenvalue weighted by atomic mass is 32.1. The topological polar surface area (TPSA) is 54.5 Å². The molecule has 3 atom stereocenters. The van der Waals surface area contributed by atoms with E-state index in [0.29, 0.717) is 19.1 Å². The number of fused-ring (bicyclic) bond motifs is 1. The fourth-order valence-electron chi connectivity index (χ4n) is 3.66. The zero-order chi connectivity index (χ0) is 16.4. The Morgan fingerprint density at radius 1 is 1.38 bits per heavy atom. The molecule has 1 N–H and O–H groups in total. The van der Waals surface area contributed by atoms with Crippen LogP contribution in [0, 0.1) is 11.8 Å². The third-order valence-electron chi connectivity index (χ3n) is 4.87. The van der Waals surface area contributed by atoms with E-state index in [-0.39, 0.29) is 17.9 Å². The summed E-state index contributed by atoms with van der Waals surface area (Å²) in [7, 11) is 0. The predicted octanol–water partition coefficient (Wildman–Crippen LogP) is 1.91. The standard InChI is InChI=1S/C18H21N3O2S/c22-18(20-8-14-4-2-6-24-14)16-12-23-17-11-21(10-15(16)17)9-13-3-1-5-19-7-13/h1-7,15-17H,8-12H2,(H,20,22)/t15-,16+,17-/m1/s1. The van der Waals surface area contributed by atoms with Crippen LogP contribution in [0.25, 0.3) is 0 Å². The molecule has 0 aromatic carbocycles. The van der Waals surface area contributed by atoms with E-state index in [9.17, 15) is 4.79 Å². The van der Waals surface area contributed by atoms with Gasteiger partial charge < -0.3 is 10.1 Å². The number of aromatic nitrogens is 1. The quantitative estimate of drug-likeness (QED) is 0.901. The molecule has 0 saturated carbocycles. The number of thiophene rings is 1. The maximum absolute atomic E-state index is 12.5. The molecule has 0 unspecified atom stereocenters. The number of amides is 1. The number of hydrogen-bond acceptors (Lipinski definition) is 5. The first-order valence-electron chi connectivity index (χ1n) is 8.32. The smallest absolute Gasteiger partial charge is 0.226 e. The van der Waals surface area contributed by atoms with Crippen LogP contribution in [-0.4, -0.2) is 41.6 Å². The van der Waals surface area contributed by atoms with Crippen molar-refractivity contribution in [3.63, 3.8) is 0 Å². The van der Waals surface area contributed by atoms with Gasteiger partial charge in [-0.2, -0.15) is 0 Å². The molecule has 5 nitrogen and oxygen atoms in total. The molecular formula is C18H21N3O2S. The first-order chi connectivity index (χ1) is 11.8. The maximum Gasteiger partial charge on any atom is 0.226 e. The van der Waals surface area contributed by atoms with Crippen molar-refractivity contribution in [2.45, 2.75) is 19.2 Å². The largest absolute Gasteiger partial charge is 0.376 e. The van der Waals surface area contributed by atoms with Crippen LogP contribution in [0.2, 0.25) is 0 Å². The Labute approximate surface area is 145 Å². The van der Waals surface area contributed by atoms with Crippen LogP contribution in [0.15, 0.2) is 42.0 Å². The lowest BCUT2D eigenvalue weighted by Gasteiger charge is -2.19. The number of pyridine rings is 1. The van der Waals surface area contributed by atoms with Crippen molar-refractivity contribution in [1.82, 2.24) is 15.2 Å². The van der Waals surface area contributed by atoms with Crippen LogP contribution < -0.4 is 5.32 Å². The van der Waals surface area contributed by atoms with Gasteiger partial charge in [-0.15, -0.1) is 11.3 Å². The third-order valence-corrected chi connectivity index (χ3v) is 5.75. The lowest BCUT2D eigenvalue weighted by molar-refractivity contribution is -0.126. The zero-order valence-electron chi connectivity index (χ0n) is 13.4. The minimum absolute atomic E-state index is 0.0335. The lowest BCUT2D eigenvalue weighted by atomic mass is 9.92. The monoisotopic (exact) mass is 343 g/mol. The van der Waals surface area contributed by atoms with Gasteiger partial charge in [-0.05, 0) is 23.1 Å². The van der Waals surface area contributed by atoms with Crippen molar-refractivity contribution in [2.75, 3.05) is 19.7 Å². The van der Waals surface area contributed by atoms with Crippen molar-refractivity contribution in [2.24, 2.45) is 11.8 Å². The molecule has 0 bridgehead atoms. The van der Waals surface area contributed by atoms with Gasteiger partial charge in [-0.3, -0.25) is 14.7 Å². The van der Waals surface area contributed by atoms with Gasteiger partial charge in [0.05, 0.1) is 25.2 Å². The molecule has 0 spiro atoms. The van der Waals surface area contributed by atoms with Crippen molar-refractivity contribution in [1.29, 1.82) is 0 Å². The summed E-state index contributed by atoms with van der Waals surface area (Å²) in [6.45, 7) is 3.84. The van der Waals surface area contributed by atoms with E-state index in [2.05, 4.69) is 21.3 Å². The minimum Gasteiger partial charge on any atom is -0.376 e. The summed E-state index contributed by atoms with van der Waals surface area (Å²) in [6, 6.07) is 8.11. The van der Waals surface area contributed by atoms with Crippen LogP contribution >= 0.6 is 11.3 Å². The Kier molecular flexibility index (Phi) is 4.60.